The van der Waals surface area contributed by atoms with E-state index in [0.717, 1.165) is 5.92 Å². The zero-order valence-electron chi connectivity index (χ0n) is 3.71. The summed E-state index contributed by atoms with van der Waals surface area (Å²) in [6, 6.07) is 0. The van der Waals surface area contributed by atoms with Gasteiger partial charge < -0.3 is 0 Å². The fourth-order valence-electron chi connectivity index (χ4n) is 0.616. The van der Waals surface area contributed by atoms with E-state index in [2.05, 4.69) is 21.1 Å². The average Bonchev–Trinajstić information content (AvgIpc) is 1.31. The van der Waals surface area contributed by atoms with Gasteiger partial charge in [0.05, 0.1) is 0 Å². The van der Waals surface area contributed by atoms with E-state index in [1.165, 1.54) is 23.9 Å². The SMILES string of the molecule is [Au][CH2]C1CCC1. The van der Waals surface area contributed by atoms with Gasteiger partial charge in [0.1, 0.15) is 0 Å². The summed E-state index contributed by atoms with van der Waals surface area (Å²) >= 11 is 2.62. The van der Waals surface area contributed by atoms with E-state index in [1.807, 2.05) is 0 Å². The predicted molar refractivity (Wildman–Crippen MR) is 22.1 cm³/mol. The Hall–Kier alpha value is 0.740. The molecule has 0 spiro atoms. The van der Waals surface area contributed by atoms with Gasteiger partial charge in [-0.2, -0.15) is 0 Å². The normalized spacial score (nSPS) is 23.7. The van der Waals surface area contributed by atoms with Crippen molar-refractivity contribution in [3.05, 3.63) is 0 Å². The molecule has 0 bridgehead atoms. The van der Waals surface area contributed by atoms with Crippen molar-refractivity contribution in [1.82, 2.24) is 0 Å². The van der Waals surface area contributed by atoms with E-state index < -0.39 is 0 Å². The standard InChI is InChI=1S/C5H9.Au/c1-5-3-2-4-5;/h5H,1-4H2;. The van der Waals surface area contributed by atoms with Crippen molar-refractivity contribution in [2.24, 2.45) is 5.92 Å². The summed E-state index contributed by atoms with van der Waals surface area (Å²) in [6.45, 7) is 0. The summed E-state index contributed by atoms with van der Waals surface area (Å²) in [5, 5.41) is 0. The van der Waals surface area contributed by atoms with Gasteiger partial charge in [-0.25, -0.2) is 0 Å². The number of hydrogen-bond acceptors (Lipinski definition) is 0. The summed E-state index contributed by atoms with van der Waals surface area (Å²) < 4.78 is 1.36. The summed E-state index contributed by atoms with van der Waals surface area (Å²) in [5.41, 5.74) is 0. The van der Waals surface area contributed by atoms with E-state index in [1.54, 1.807) is 0 Å². The molecule has 0 aromatic heterocycles. The van der Waals surface area contributed by atoms with Gasteiger partial charge in [-0.1, -0.05) is 0 Å². The molecule has 1 aliphatic rings. The van der Waals surface area contributed by atoms with Crippen molar-refractivity contribution in [2.45, 2.75) is 23.9 Å². The van der Waals surface area contributed by atoms with Crippen LogP contribution in [0.3, 0.4) is 0 Å². The third-order valence-corrected chi connectivity index (χ3v) is 2.65. The molecule has 0 atom stereocenters. The van der Waals surface area contributed by atoms with Crippen LogP contribution >= 0.6 is 0 Å². The van der Waals surface area contributed by atoms with Crippen molar-refractivity contribution >= 4 is 0 Å². The molecule has 0 radical (unpaired) electrons. The predicted octanol–water partition coefficient (Wildman–Crippen LogP) is 1.75. The molecule has 1 fully saturated rings. The van der Waals surface area contributed by atoms with Crippen LogP contribution in [-0.2, 0) is 21.1 Å². The maximum atomic E-state index is 2.62. The fourth-order valence-corrected chi connectivity index (χ4v) is 1.50. The third kappa shape index (κ3) is 0.868. The monoisotopic (exact) mass is 266 g/mol. The number of rotatable bonds is 1. The molecule has 1 heteroatoms. The Morgan fingerprint density at radius 1 is 1.50 bits per heavy atom. The molecule has 0 saturated heterocycles. The Bertz CT molecular complexity index is 36.4. The quantitative estimate of drug-likeness (QED) is 0.634. The average molecular weight is 266 g/mol. The maximum absolute atomic E-state index is 2.62. The molecule has 1 saturated carbocycles. The van der Waals surface area contributed by atoms with Gasteiger partial charge in [0.15, 0.2) is 0 Å². The molecule has 0 heterocycles. The van der Waals surface area contributed by atoms with Gasteiger partial charge in [-0.05, 0) is 0 Å². The molecule has 1 rings (SSSR count). The molecule has 40 valence electrons. The molecule has 1 aliphatic carbocycles. The zero-order chi connectivity index (χ0) is 4.41. The Morgan fingerprint density at radius 2 is 2.17 bits per heavy atom. The van der Waals surface area contributed by atoms with Gasteiger partial charge in [0, 0.05) is 0 Å². The zero-order valence-corrected chi connectivity index (χ0v) is 5.87. The molecule has 0 N–H and O–H groups in total. The van der Waals surface area contributed by atoms with Crippen LogP contribution in [0.2, 0.25) is 4.64 Å². The van der Waals surface area contributed by atoms with Crippen molar-refractivity contribution in [1.29, 1.82) is 0 Å². The van der Waals surface area contributed by atoms with E-state index >= 15 is 0 Å². The van der Waals surface area contributed by atoms with Gasteiger partial charge >= 0.3 is 50.9 Å². The van der Waals surface area contributed by atoms with Crippen LogP contribution in [0.4, 0.5) is 0 Å². The summed E-state index contributed by atoms with van der Waals surface area (Å²) in [6.07, 6.45) is 4.48. The number of hydrogen-bond donors (Lipinski definition) is 0. The second-order valence-electron chi connectivity index (χ2n) is 1.92. The van der Waals surface area contributed by atoms with Crippen LogP contribution in [0.5, 0.6) is 0 Å². The van der Waals surface area contributed by atoms with Crippen LogP contribution < -0.4 is 0 Å². The van der Waals surface area contributed by atoms with Crippen LogP contribution in [0.15, 0.2) is 0 Å². The Labute approximate surface area is 51.2 Å². The second-order valence-corrected chi connectivity index (χ2v) is 2.80. The fraction of sp³-hybridized carbons (Fsp3) is 1.00. The topological polar surface area (TPSA) is 0 Å². The molecule has 0 aliphatic heterocycles. The van der Waals surface area contributed by atoms with Crippen molar-refractivity contribution in [3.8, 4) is 0 Å². The van der Waals surface area contributed by atoms with Crippen molar-refractivity contribution in [2.75, 3.05) is 0 Å². The first-order chi connectivity index (χ1) is 2.93. The van der Waals surface area contributed by atoms with Crippen LogP contribution in [0, 0.1) is 5.92 Å². The van der Waals surface area contributed by atoms with Gasteiger partial charge in [-0.15, -0.1) is 0 Å². The minimum absolute atomic E-state index is 1.09. The third-order valence-electron chi connectivity index (χ3n) is 1.40. The molecule has 6 heavy (non-hydrogen) atoms. The van der Waals surface area contributed by atoms with Crippen LogP contribution in [0.1, 0.15) is 19.3 Å². The first-order valence-corrected chi connectivity index (χ1v) is 3.97. The second kappa shape index (κ2) is 2.15. The van der Waals surface area contributed by atoms with E-state index in [9.17, 15) is 0 Å². The van der Waals surface area contributed by atoms with Crippen molar-refractivity contribution in [3.63, 3.8) is 0 Å². The first kappa shape index (κ1) is 4.89. The summed E-state index contributed by atoms with van der Waals surface area (Å²) in [5.74, 6) is 1.09. The molecule has 0 unspecified atom stereocenters. The Kier molecular flexibility index (Phi) is 1.75. The van der Waals surface area contributed by atoms with Crippen molar-refractivity contribution < 1.29 is 21.1 Å². The molecular weight excluding hydrogens is 257 g/mol. The van der Waals surface area contributed by atoms with Gasteiger partial charge in [-0.3, -0.25) is 0 Å². The first-order valence-electron chi connectivity index (χ1n) is 2.44. The van der Waals surface area contributed by atoms with Gasteiger partial charge in [0.25, 0.3) is 0 Å². The van der Waals surface area contributed by atoms with Gasteiger partial charge in [0.2, 0.25) is 0 Å². The molecule has 0 aromatic rings. The van der Waals surface area contributed by atoms with E-state index in [0.29, 0.717) is 0 Å². The summed E-state index contributed by atoms with van der Waals surface area (Å²) in [4.78, 5) is 0. The van der Waals surface area contributed by atoms with E-state index in [4.69, 9.17) is 0 Å². The summed E-state index contributed by atoms with van der Waals surface area (Å²) in [7, 11) is 0. The Morgan fingerprint density at radius 3 is 2.17 bits per heavy atom. The Balaban J connectivity index is 2.01. The van der Waals surface area contributed by atoms with Crippen LogP contribution in [0.25, 0.3) is 0 Å². The molecule has 0 amide bonds. The minimum atomic E-state index is 1.09. The van der Waals surface area contributed by atoms with E-state index in [-0.39, 0.29) is 0 Å². The molecular formula is C5H9Au. The molecule has 0 aromatic carbocycles. The van der Waals surface area contributed by atoms with Crippen LogP contribution in [-0.4, -0.2) is 0 Å². The molecule has 0 nitrogen and oxygen atoms in total.